The number of amides is 1. The standard InChI is InChI=1S/C13H26N2O2/c1-3-9-15(13(16)11-17-4-2)10-12-7-5-6-8-14-12/h12,14H,3-11H2,1-2H3. The van der Waals surface area contributed by atoms with Crippen molar-refractivity contribution in [3.63, 3.8) is 0 Å². The van der Waals surface area contributed by atoms with Crippen LogP contribution in [-0.4, -0.2) is 49.7 Å². The number of carbonyl (C=O) groups is 1. The first kappa shape index (κ1) is 14.5. The fraction of sp³-hybridized carbons (Fsp3) is 0.923. The highest BCUT2D eigenvalue weighted by Gasteiger charge is 2.19. The fourth-order valence-corrected chi connectivity index (χ4v) is 2.21. The van der Waals surface area contributed by atoms with Crippen molar-refractivity contribution in [1.82, 2.24) is 10.2 Å². The van der Waals surface area contributed by atoms with Gasteiger partial charge in [-0.1, -0.05) is 13.3 Å². The number of rotatable bonds is 7. The topological polar surface area (TPSA) is 41.6 Å². The van der Waals surface area contributed by atoms with Crippen LogP contribution in [0, 0.1) is 0 Å². The van der Waals surface area contributed by atoms with Crippen LogP contribution in [0.1, 0.15) is 39.5 Å². The molecule has 1 N–H and O–H groups in total. The van der Waals surface area contributed by atoms with Crippen LogP contribution in [-0.2, 0) is 9.53 Å². The van der Waals surface area contributed by atoms with Gasteiger partial charge in [0.1, 0.15) is 6.61 Å². The van der Waals surface area contributed by atoms with E-state index in [1.165, 1.54) is 19.3 Å². The molecule has 0 saturated carbocycles. The number of ether oxygens (including phenoxy) is 1. The Morgan fingerprint density at radius 1 is 1.41 bits per heavy atom. The summed E-state index contributed by atoms with van der Waals surface area (Å²) in [5, 5.41) is 3.48. The SMILES string of the molecule is CCCN(CC1CCCCN1)C(=O)COCC. The third-order valence-corrected chi connectivity index (χ3v) is 3.13. The van der Waals surface area contributed by atoms with Gasteiger partial charge in [-0.3, -0.25) is 4.79 Å². The molecule has 1 aliphatic rings. The molecule has 4 heteroatoms. The Balaban J connectivity index is 2.37. The van der Waals surface area contributed by atoms with Crippen molar-refractivity contribution in [2.45, 2.75) is 45.6 Å². The normalized spacial score (nSPS) is 20.2. The van der Waals surface area contributed by atoms with E-state index in [9.17, 15) is 4.79 Å². The lowest BCUT2D eigenvalue weighted by Gasteiger charge is -2.30. The van der Waals surface area contributed by atoms with E-state index in [0.717, 1.165) is 26.1 Å². The van der Waals surface area contributed by atoms with Gasteiger partial charge < -0.3 is 15.0 Å². The Morgan fingerprint density at radius 2 is 2.24 bits per heavy atom. The molecule has 4 nitrogen and oxygen atoms in total. The molecule has 0 spiro atoms. The van der Waals surface area contributed by atoms with E-state index in [1.54, 1.807) is 0 Å². The molecule has 0 bridgehead atoms. The Hall–Kier alpha value is -0.610. The summed E-state index contributed by atoms with van der Waals surface area (Å²) in [6.45, 7) is 7.61. The number of piperidine rings is 1. The molecule has 1 rings (SSSR count). The van der Waals surface area contributed by atoms with Crippen molar-refractivity contribution in [2.24, 2.45) is 0 Å². The van der Waals surface area contributed by atoms with Crippen LogP contribution < -0.4 is 5.32 Å². The average Bonchev–Trinajstić information content (AvgIpc) is 2.36. The first-order valence-corrected chi connectivity index (χ1v) is 6.86. The highest BCUT2D eigenvalue weighted by Crippen LogP contribution is 2.09. The van der Waals surface area contributed by atoms with Crippen LogP contribution in [0.25, 0.3) is 0 Å². The van der Waals surface area contributed by atoms with Crippen LogP contribution in [0.3, 0.4) is 0 Å². The van der Waals surface area contributed by atoms with Crippen LogP contribution in [0.4, 0.5) is 0 Å². The van der Waals surface area contributed by atoms with Gasteiger partial charge in [0, 0.05) is 25.7 Å². The Kier molecular flexibility index (Phi) is 7.21. The first-order chi connectivity index (χ1) is 8.27. The maximum atomic E-state index is 11.9. The van der Waals surface area contributed by atoms with E-state index in [4.69, 9.17) is 4.74 Å². The van der Waals surface area contributed by atoms with Crippen molar-refractivity contribution in [3.05, 3.63) is 0 Å². The molecule has 17 heavy (non-hydrogen) atoms. The lowest BCUT2D eigenvalue weighted by molar-refractivity contribution is -0.136. The van der Waals surface area contributed by atoms with Gasteiger partial charge in [-0.2, -0.15) is 0 Å². The van der Waals surface area contributed by atoms with Crippen molar-refractivity contribution in [1.29, 1.82) is 0 Å². The number of hydrogen-bond donors (Lipinski definition) is 1. The highest BCUT2D eigenvalue weighted by molar-refractivity contribution is 5.77. The van der Waals surface area contributed by atoms with Gasteiger partial charge in [0.2, 0.25) is 5.91 Å². The minimum atomic E-state index is 0.126. The Morgan fingerprint density at radius 3 is 2.82 bits per heavy atom. The van der Waals surface area contributed by atoms with Gasteiger partial charge in [0.25, 0.3) is 0 Å². The minimum absolute atomic E-state index is 0.126. The van der Waals surface area contributed by atoms with Gasteiger partial charge in [0.15, 0.2) is 0 Å². The van der Waals surface area contributed by atoms with Crippen molar-refractivity contribution >= 4 is 5.91 Å². The molecule has 1 atom stereocenters. The molecule has 0 radical (unpaired) electrons. The van der Waals surface area contributed by atoms with Crippen LogP contribution in [0.15, 0.2) is 0 Å². The Bertz CT molecular complexity index is 215. The third-order valence-electron chi connectivity index (χ3n) is 3.13. The molecule has 1 aliphatic heterocycles. The summed E-state index contributed by atoms with van der Waals surface area (Å²) in [5.74, 6) is 0.126. The molecule has 1 amide bonds. The van der Waals surface area contributed by atoms with Gasteiger partial charge in [-0.25, -0.2) is 0 Å². The smallest absolute Gasteiger partial charge is 0.248 e. The van der Waals surface area contributed by atoms with Gasteiger partial charge in [-0.05, 0) is 32.7 Å². The number of nitrogens with one attached hydrogen (secondary N) is 1. The summed E-state index contributed by atoms with van der Waals surface area (Å²) in [5.41, 5.74) is 0. The molecule has 1 unspecified atom stereocenters. The third kappa shape index (κ3) is 5.50. The van der Waals surface area contributed by atoms with E-state index >= 15 is 0 Å². The lowest BCUT2D eigenvalue weighted by atomic mass is 10.0. The second kappa shape index (κ2) is 8.48. The quantitative estimate of drug-likeness (QED) is 0.734. The maximum Gasteiger partial charge on any atom is 0.248 e. The molecule has 1 saturated heterocycles. The summed E-state index contributed by atoms with van der Waals surface area (Å²) < 4.78 is 5.20. The van der Waals surface area contributed by atoms with E-state index < -0.39 is 0 Å². The van der Waals surface area contributed by atoms with E-state index in [1.807, 2.05) is 11.8 Å². The van der Waals surface area contributed by atoms with Gasteiger partial charge in [0.05, 0.1) is 0 Å². The van der Waals surface area contributed by atoms with Gasteiger partial charge >= 0.3 is 0 Å². The lowest BCUT2D eigenvalue weighted by Crippen LogP contribution is -2.47. The summed E-state index contributed by atoms with van der Waals surface area (Å²) in [6, 6.07) is 0.473. The first-order valence-electron chi connectivity index (χ1n) is 6.86. The summed E-state index contributed by atoms with van der Waals surface area (Å²) in [7, 11) is 0. The van der Waals surface area contributed by atoms with E-state index in [0.29, 0.717) is 12.6 Å². The zero-order valence-corrected chi connectivity index (χ0v) is 11.2. The molecule has 0 aromatic carbocycles. The molecule has 0 aromatic heterocycles. The Labute approximate surface area is 105 Å². The van der Waals surface area contributed by atoms with E-state index in [2.05, 4.69) is 12.2 Å². The largest absolute Gasteiger partial charge is 0.372 e. The molecule has 1 heterocycles. The molecule has 100 valence electrons. The van der Waals surface area contributed by atoms with Crippen molar-refractivity contribution < 1.29 is 9.53 Å². The summed E-state index contributed by atoms with van der Waals surface area (Å²) in [6.07, 6.45) is 4.72. The average molecular weight is 242 g/mol. The zero-order chi connectivity index (χ0) is 12.5. The molecular formula is C13H26N2O2. The zero-order valence-electron chi connectivity index (χ0n) is 11.2. The van der Waals surface area contributed by atoms with Crippen molar-refractivity contribution in [3.8, 4) is 0 Å². The van der Waals surface area contributed by atoms with Crippen molar-refractivity contribution in [2.75, 3.05) is 32.8 Å². The second-order valence-electron chi connectivity index (χ2n) is 4.62. The van der Waals surface area contributed by atoms with Crippen LogP contribution in [0.5, 0.6) is 0 Å². The monoisotopic (exact) mass is 242 g/mol. The molecule has 1 fully saturated rings. The summed E-state index contributed by atoms with van der Waals surface area (Å²) in [4.78, 5) is 13.9. The predicted octanol–water partition coefficient (Wildman–Crippen LogP) is 1.40. The number of hydrogen-bond acceptors (Lipinski definition) is 3. The minimum Gasteiger partial charge on any atom is -0.372 e. The van der Waals surface area contributed by atoms with Gasteiger partial charge in [-0.15, -0.1) is 0 Å². The predicted molar refractivity (Wildman–Crippen MR) is 69.0 cm³/mol. The number of nitrogens with zero attached hydrogens (tertiary/aromatic N) is 1. The molecule has 0 aromatic rings. The molecular weight excluding hydrogens is 216 g/mol. The number of carbonyl (C=O) groups excluding carboxylic acids is 1. The second-order valence-corrected chi connectivity index (χ2v) is 4.62. The van der Waals surface area contributed by atoms with E-state index in [-0.39, 0.29) is 12.5 Å². The molecule has 0 aliphatic carbocycles. The van der Waals surface area contributed by atoms with Crippen LogP contribution in [0.2, 0.25) is 0 Å². The van der Waals surface area contributed by atoms with Crippen LogP contribution >= 0.6 is 0 Å². The summed E-state index contributed by atoms with van der Waals surface area (Å²) >= 11 is 0. The fourth-order valence-electron chi connectivity index (χ4n) is 2.21. The highest BCUT2D eigenvalue weighted by atomic mass is 16.5. The maximum absolute atomic E-state index is 11.9.